The molecule has 0 spiro atoms. The van der Waals surface area contributed by atoms with Gasteiger partial charge in [0.1, 0.15) is 0 Å². The Balaban J connectivity index is 2.45. The van der Waals surface area contributed by atoms with E-state index in [0.29, 0.717) is 5.92 Å². The Bertz CT molecular complexity index is 290. The molecule has 0 aromatic heterocycles. The molecule has 84 valence electrons. The van der Waals surface area contributed by atoms with E-state index in [-0.39, 0.29) is 11.8 Å². The predicted octanol–water partition coefficient (Wildman–Crippen LogP) is 1.33. The van der Waals surface area contributed by atoms with Crippen molar-refractivity contribution in [3.8, 4) is 0 Å². The molecule has 0 aliphatic heterocycles. The molecule has 2 unspecified atom stereocenters. The third-order valence-electron chi connectivity index (χ3n) is 3.17. The Hall–Kier alpha value is -0.0900. The van der Waals surface area contributed by atoms with Crippen LogP contribution >= 0.6 is 0 Å². The first-order valence-corrected chi connectivity index (χ1v) is 6.87. The summed E-state index contributed by atoms with van der Waals surface area (Å²) in [6.45, 7) is 5.26. The van der Waals surface area contributed by atoms with E-state index >= 15 is 0 Å². The summed E-state index contributed by atoms with van der Waals surface area (Å²) in [6, 6.07) is 0.241. The molecule has 1 aliphatic rings. The lowest BCUT2D eigenvalue weighted by Gasteiger charge is -2.34. The molecule has 0 saturated heterocycles. The first kappa shape index (κ1) is 12.0. The molecule has 0 aromatic carbocycles. The topological polar surface area (TPSA) is 60.2 Å². The second kappa shape index (κ2) is 3.81. The van der Waals surface area contributed by atoms with Crippen LogP contribution in [0.3, 0.4) is 0 Å². The van der Waals surface area contributed by atoms with Crippen LogP contribution in [-0.2, 0) is 9.84 Å². The van der Waals surface area contributed by atoms with Crippen LogP contribution in [0.5, 0.6) is 0 Å². The fourth-order valence-electron chi connectivity index (χ4n) is 1.57. The van der Waals surface area contributed by atoms with Crippen molar-refractivity contribution in [1.82, 2.24) is 0 Å². The second-order valence-electron chi connectivity index (χ2n) is 5.22. The zero-order chi connectivity index (χ0) is 11.0. The molecule has 2 N–H and O–H groups in total. The fraction of sp³-hybridized carbons (Fsp3) is 1.00. The monoisotopic (exact) mass is 219 g/mol. The second-order valence-corrected chi connectivity index (χ2v) is 8.08. The highest BCUT2D eigenvalue weighted by Gasteiger charge is 2.33. The van der Waals surface area contributed by atoms with E-state index < -0.39 is 14.6 Å². The van der Waals surface area contributed by atoms with Crippen molar-refractivity contribution in [2.45, 2.75) is 50.8 Å². The van der Waals surface area contributed by atoms with Crippen molar-refractivity contribution in [3.63, 3.8) is 0 Å². The number of rotatable bonds is 3. The number of hydrogen-bond donors (Lipinski definition) is 1. The number of hydrogen-bond acceptors (Lipinski definition) is 3. The average Bonchev–Trinajstić information content (AvgIpc) is 1.99. The number of nitrogens with two attached hydrogens (primary N) is 1. The zero-order valence-corrected chi connectivity index (χ0v) is 10.1. The fourth-order valence-corrected chi connectivity index (χ4v) is 2.79. The van der Waals surface area contributed by atoms with Gasteiger partial charge < -0.3 is 5.73 Å². The van der Waals surface area contributed by atoms with Crippen molar-refractivity contribution < 1.29 is 8.42 Å². The molecule has 14 heavy (non-hydrogen) atoms. The van der Waals surface area contributed by atoms with Gasteiger partial charge in [0.25, 0.3) is 0 Å². The minimum absolute atomic E-state index is 0.241. The van der Waals surface area contributed by atoms with Crippen LogP contribution in [-0.4, -0.2) is 25.0 Å². The molecule has 1 rings (SSSR count). The highest BCUT2D eigenvalue weighted by Crippen LogP contribution is 2.30. The molecule has 0 heterocycles. The standard InChI is InChI=1S/C10H21NO2S/c1-10(2,3)14(12,13)7-6-8-4-5-9(8)11/h8-9H,4-7,11H2,1-3H3. The Morgan fingerprint density at radius 3 is 2.14 bits per heavy atom. The molecule has 0 amide bonds. The number of sulfone groups is 1. The quantitative estimate of drug-likeness (QED) is 0.779. The van der Waals surface area contributed by atoms with E-state index in [2.05, 4.69) is 0 Å². The van der Waals surface area contributed by atoms with Crippen LogP contribution in [0.25, 0.3) is 0 Å². The summed E-state index contributed by atoms with van der Waals surface area (Å²) in [6.07, 6.45) is 2.89. The van der Waals surface area contributed by atoms with Crippen molar-refractivity contribution in [1.29, 1.82) is 0 Å². The summed E-state index contributed by atoms with van der Waals surface area (Å²) < 4.78 is 22.9. The first-order valence-electron chi connectivity index (χ1n) is 5.22. The SMILES string of the molecule is CC(C)(C)S(=O)(=O)CCC1CCC1N. The molecule has 4 heteroatoms. The summed E-state index contributed by atoms with van der Waals surface area (Å²) in [7, 11) is -2.95. The molecule has 1 aliphatic carbocycles. The van der Waals surface area contributed by atoms with Gasteiger partial charge in [0.05, 0.1) is 10.5 Å². The van der Waals surface area contributed by atoms with Gasteiger partial charge in [0, 0.05) is 6.04 Å². The van der Waals surface area contributed by atoms with E-state index in [0.717, 1.165) is 19.3 Å². The molecule has 0 aromatic rings. The van der Waals surface area contributed by atoms with Crippen LogP contribution < -0.4 is 5.73 Å². The van der Waals surface area contributed by atoms with Crippen LogP contribution in [0, 0.1) is 5.92 Å². The molecule has 2 atom stereocenters. The molecule has 3 nitrogen and oxygen atoms in total. The van der Waals surface area contributed by atoms with E-state index in [1.54, 1.807) is 20.8 Å². The molecule has 1 saturated carbocycles. The Kier molecular flexibility index (Phi) is 3.26. The normalized spacial score (nSPS) is 28.6. The van der Waals surface area contributed by atoms with Crippen LogP contribution in [0.15, 0.2) is 0 Å². The average molecular weight is 219 g/mol. The predicted molar refractivity (Wildman–Crippen MR) is 58.9 cm³/mol. The summed E-state index contributed by atoms with van der Waals surface area (Å²) in [5, 5.41) is 0. The zero-order valence-electron chi connectivity index (χ0n) is 9.29. The summed E-state index contributed by atoms with van der Waals surface area (Å²) in [5.74, 6) is 0.724. The van der Waals surface area contributed by atoms with Crippen LogP contribution in [0.2, 0.25) is 0 Å². The van der Waals surface area contributed by atoms with Gasteiger partial charge in [0.15, 0.2) is 9.84 Å². The van der Waals surface area contributed by atoms with Gasteiger partial charge in [-0.3, -0.25) is 0 Å². The van der Waals surface area contributed by atoms with Crippen molar-refractivity contribution in [3.05, 3.63) is 0 Å². The Labute approximate surface area is 87.0 Å². The summed E-state index contributed by atoms with van der Waals surface area (Å²) in [5.41, 5.74) is 5.77. The van der Waals surface area contributed by atoms with E-state index in [4.69, 9.17) is 5.73 Å². The van der Waals surface area contributed by atoms with Gasteiger partial charge in [-0.1, -0.05) is 0 Å². The maximum absolute atomic E-state index is 11.8. The summed E-state index contributed by atoms with van der Waals surface area (Å²) in [4.78, 5) is 0. The summed E-state index contributed by atoms with van der Waals surface area (Å²) >= 11 is 0. The lowest BCUT2D eigenvalue weighted by atomic mass is 9.79. The van der Waals surface area contributed by atoms with Crippen molar-refractivity contribution >= 4 is 9.84 Å². The Morgan fingerprint density at radius 2 is 1.86 bits per heavy atom. The molecule has 1 fully saturated rings. The lowest BCUT2D eigenvalue weighted by Crippen LogP contribution is -2.41. The van der Waals surface area contributed by atoms with Crippen molar-refractivity contribution in [2.75, 3.05) is 5.75 Å². The maximum atomic E-state index is 11.8. The van der Waals surface area contributed by atoms with Gasteiger partial charge in [-0.2, -0.15) is 0 Å². The minimum atomic E-state index is -2.95. The molecule has 0 bridgehead atoms. The third-order valence-corrected chi connectivity index (χ3v) is 5.81. The van der Waals surface area contributed by atoms with Gasteiger partial charge in [0.2, 0.25) is 0 Å². The third kappa shape index (κ3) is 2.48. The van der Waals surface area contributed by atoms with E-state index in [1.165, 1.54) is 0 Å². The lowest BCUT2D eigenvalue weighted by molar-refractivity contribution is 0.250. The van der Waals surface area contributed by atoms with Crippen LogP contribution in [0.1, 0.15) is 40.0 Å². The van der Waals surface area contributed by atoms with Gasteiger partial charge >= 0.3 is 0 Å². The van der Waals surface area contributed by atoms with Crippen molar-refractivity contribution in [2.24, 2.45) is 11.7 Å². The van der Waals surface area contributed by atoms with E-state index in [1.807, 2.05) is 0 Å². The first-order chi connectivity index (χ1) is 6.24. The Morgan fingerprint density at radius 1 is 1.29 bits per heavy atom. The molecular formula is C10H21NO2S. The van der Waals surface area contributed by atoms with Gasteiger partial charge in [-0.25, -0.2) is 8.42 Å². The highest BCUT2D eigenvalue weighted by atomic mass is 32.2. The smallest absolute Gasteiger partial charge is 0.155 e. The van der Waals surface area contributed by atoms with Crippen LogP contribution in [0.4, 0.5) is 0 Å². The van der Waals surface area contributed by atoms with Gasteiger partial charge in [-0.05, 0) is 46.0 Å². The highest BCUT2D eigenvalue weighted by molar-refractivity contribution is 7.92. The largest absolute Gasteiger partial charge is 0.327 e. The molecule has 0 radical (unpaired) electrons. The minimum Gasteiger partial charge on any atom is -0.327 e. The van der Waals surface area contributed by atoms with E-state index in [9.17, 15) is 8.42 Å². The van der Waals surface area contributed by atoms with Gasteiger partial charge in [-0.15, -0.1) is 0 Å². The molecular weight excluding hydrogens is 198 g/mol. The maximum Gasteiger partial charge on any atom is 0.155 e.